The summed E-state index contributed by atoms with van der Waals surface area (Å²) in [6, 6.07) is 0. The molecule has 2 aliphatic rings. The van der Waals surface area contributed by atoms with Gasteiger partial charge in [0.2, 0.25) is 0 Å². The first-order valence-corrected chi connectivity index (χ1v) is 10.3. The molecule has 1 fully saturated rings. The Bertz CT molecular complexity index is 631. The summed E-state index contributed by atoms with van der Waals surface area (Å²) in [5.41, 5.74) is -1.72. The Hall–Kier alpha value is -1.48. The van der Waals surface area contributed by atoms with Crippen molar-refractivity contribution in [2.75, 3.05) is 27.3 Å². The Morgan fingerprint density at radius 1 is 1.08 bits per heavy atom. The summed E-state index contributed by atoms with van der Waals surface area (Å²) < 4.78 is 31.0. The molecule has 0 aliphatic carbocycles. The Morgan fingerprint density at radius 2 is 1.58 bits per heavy atom. The molecule has 0 radical (unpaired) electrons. The molecule has 0 N–H and O–H groups in total. The molecule has 150 valence electrons. The molecule has 2 aliphatic heterocycles. The summed E-state index contributed by atoms with van der Waals surface area (Å²) in [5, 5.41) is 4.03. The quantitative estimate of drug-likeness (QED) is 0.531. The molecule has 1 spiro atoms. The van der Waals surface area contributed by atoms with Crippen LogP contribution < -0.4 is 0 Å². The Morgan fingerprint density at radius 3 is 2.00 bits per heavy atom. The number of ether oxygens (including phenoxy) is 2. The first kappa shape index (κ1) is 20.8. The van der Waals surface area contributed by atoms with Crippen molar-refractivity contribution in [3.05, 3.63) is 0 Å². The van der Waals surface area contributed by atoms with Crippen molar-refractivity contribution in [2.45, 2.75) is 52.7 Å². The standard InChI is InChI=1S/C15H28N3O7P/c1-9-21-12(19)11-16-18(13(20)22-10-2)26(23-11,17(7)8)24-14(3,4)15(5,6)25-26/h9-10H2,1-8H3. The van der Waals surface area contributed by atoms with Crippen LogP contribution >= 0.6 is 7.59 Å². The van der Waals surface area contributed by atoms with E-state index >= 15 is 0 Å². The fourth-order valence-corrected chi connectivity index (χ4v) is 6.69. The molecule has 0 aromatic carbocycles. The van der Waals surface area contributed by atoms with Crippen molar-refractivity contribution >= 4 is 25.5 Å². The van der Waals surface area contributed by atoms with Crippen LogP contribution in [0.3, 0.4) is 0 Å². The fourth-order valence-electron chi connectivity index (χ4n) is 2.54. The van der Waals surface area contributed by atoms with Crippen molar-refractivity contribution in [1.29, 1.82) is 0 Å². The molecule has 0 bridgehead atoms. The molecular weight excluding hydrogens is 365 g/mol. The maximum atomic E-state index is 12.7. The maximum absolute atomic E-state index is 12.7. The molecule has 10 nitrogen and oxygen atoms in total. The van der Waals surface area contributed by atoms with Gasteiger partial charge < -0.3 is 0 Å². The van der Waals surface area contributed by atoms with Gasteiger partial charge in [-0.05, 0) is 0 Å². The van der Waals surface area contributed by atoms with Gasteiger partial charge in [0.05, 0.1) is 0 Å². The normalized spacial score (nSPS) is 26.0. The van der Waals surface area contributed by atoms with Crippen LogP contribution in [0, 0.1) is 0 Å². The van der Waals surface area contributed by atoms with Gasteiger partial charge in [0.25, 0.3) is 0 Å². The second kappa shape index (κ2) is 6.30. The number of amides is 1. The summed E-state index contributed by atoms with van der Waals surface area (Å²) in [6.45, 7) is 10.8. The molecule has 1 saturated heterocycles. The van der Waals surface area contributed by atoms with E-state index < -0.39 is 36.7 Å². The number of hydrogen-bond acceptors (Lipinski definition) is 9. The van der Waals surface area contributed by atoms with Gasteiger partial charge in [0.15, 0.2) is 0 Å². The van der Waals surface area contributed by atoms with Crippen molar-refractivity contribution < 1.29 is 32.6 Å². The molecule has 0 atom stereocenters. The zero-order chi connectivity index (χ0) is 20.0. The van der Waals surface area contributed by atoms with Crippen molar-refractivity contribution in [1.82, 2.24) is 9.45 Å². The Balaban J connectivity index is 2.64. The average molecular weight is 393 g/mol. The minimum atomic E-state index is -4.57. The van der Waals surface area contributed by atoms with E-state index in [2.05, 4.69) is 5.10 Å². The number of hydrazone groups is 1. The van der Waals surface area contributed by atoms with Crippen LogP contribution in [0.15, 0.2) is 5.10 Å². The molecule has 26 heavy (non-hydrogen) atoms. The molecule has 0 aromatic rings. The molecule has 2 rings (SSSR count). The summed E-state index contributed by atoms with van der Waals surface area (Å²) in [5.74, 6) is -1.24. The van der Waals surface area contributed by atoms with E-state index in [4.69, 9.17) is 23.0 Å². The number of rotatable bonds is 4. The van der Waals surface area contributed by atoms with E-state index in [9.17, 15) is 9.59 Å². The summed E-state index contributed by atoms with van der Waals surface area (Å²) >= 11 is 0. The molecule has 0 unspecified atom stereocenters. The van der Waals surface area contributed by atoms with Crippen LogP contribution in [-0.4, -0.2) is 65.9 Å². The predicted molar refractivity (Wildman–Crippen MR) is 94.9 cm³/mol. The van der Waals surface area contributed by atoms with Gasteiger partial charge in [-0.1, -0.05) is 0 Å². The second-order valence-electron chi connectivity index (χ2n) is 7.06. The van der Waals surface area contributed by atoms with Gasteiger partial charge in [-0.2, -0.15) is 0 Å². The molecule has 1 amide bonds. The van der Waals surface area contributed by atoms with Crippen molar-refractivity contribution in [3.8, 4) is 0 Å². The monoisotopic (exact) mass is 393 g/mol. The van der Waals surface area contributed by atoms with E-state index in [0.717, 1.165) is 4.78 Å². The van der Waals surface area contributed by atoms with E-state index in [1.807, 2.05) is 27.7 Å². The fraction of sp³-hybridized carbons (Fsp3) is 0.800. The summed E-state index contributed by atoms with van der Waals surface area (Å²) in [7, 11) is -1.31. The van der Waals surface area contributed by atoms with E-state index in [-0.39, 0.29) is 13.2 Å². The van der Waals surface area contributed by atoms with Crippen LogP contribution in [0.1, 0.15) is 41.5 Å². The second-order valence-corrected chi connectivity index (χ2v) is 10.4. The molecule has 11 heteroatoms. The Labute approximate surface area is 153 Å². The summed E-state index contributed by atoms with van der Waals surface area (Å²) in [6.07, 6.45) is -0.841. The van der Waals surface area contributed by atoms with Crippen LogP contribution in [0.25, 0.3) is 0 Å². The zero-order valence-corrected chi connectivity index (χ0v) is 17.5. The van der Waals surface area contributed by atoms with Gasteiger partial charge in [-0.25, -0.2) is 0 Å². The molecular formula is C15H28N3O7P. The average Bonchev–Trinajstić information content (AvgIpc) is 2.91. The third kappa shape index (κ3) is 2.76. The third-order valence-electron chi connectivity index (χ3n) is 4.51. The number of carbonyl (C=O) groups is 2. The van der Waals surface area contributed by atoms with Crippen LogP contribution in [0.5, 0.6) is 0 Å². The van der Waals surface area contributed by atoms with Crippen LogP contribution in [0.2, 0.25) is 0 Å². The molecule has 2 heterocycles. The van der Waals surface area contributed by atoms with Gasteiger partial charge in [0.1, 0.15) is 0 Å². The first-order valence-electron chi connectivity index (χ1n) is 8.41. The van der Waals surface area contributed by atoms with Crippen molar-refractivity contribution in [3.63, 3.8) is 0 Å². The summed E-state index contributed by atoms with van der Waals surface area (Å²) in [4.78, 5) is 24.9. The third-order valence-corrected chi connectivity index (χ3v) is 8.76. The minimum absolute atomic E-state index is 0.103. The van der Waals surface area contributed by atoms with Gasteiger partial charge in [-0.15, -0.1) is 0 Å². The molecule has 0 aromatic heterocycles. The SMILES string of the molecule is CCOC(=O)C1=NN(C(=O)OCC)P2(N(C)C)(O1)OC(C)(C)C(C)(C)O2. The van der Waals surface area contributed by atoms with Crippen molar-refractivity contribution in [2.24, 2.45) is 5.10 Å². The van der Waals surface area contributed by atoms with Gasteiger partial charge in [-0.3, -0.25) is 0 Å². The Kier molecular flexibility index (Phi) is 5.04. The first-order chi connectivity index (χ1) is 11.9. The number of nitrogens with zero attached hydrogens (tertiary/aromatic N) is 3. The van der Waals surface area contributed by atoms with Crippen LogP contribution in [0.4, 0.5) is 4.79 Å². The van der Waals surface area contributed by atoms with E-state index in [1.54, 1.807) is 27.9 Å². The predicted octanol–water partition coefficient (Wildman–Crippen LogP) is 2.65. The zero-order valence-electron chi connectivity index (χ0n) is 16.6. The number of hydrogen-bond donors (Lipinski definition) is 0. The molecule has 0 saturated carbocycles. The van der Waals surface area contributed by atoms with E-state index in [0.29, 0.717) is 0 Å². The number of carbonyl (C=O) groups excluding carboxylic acids is 2. The van der Waals surface area contributed by atoms with Gasteiger partial charge >= 0.3 is 153 Å². The van der Waals surface area contributed by atoms with E-state index in [1.165, 1.54) is 4.67 Å². The topological polar surface area (TPSA) is 99.1 Å². The van der Waals surface area contributed by atoms with Crippen LogP contribution in [-0.2, 0) is 27.8 Å². The van der Waals surface area contributed by atoms with Gasteiger partial charge in [0, 0.05) is 0 Å². The number of esters is 1.